The van der Waals surface area contributed by atoms with Gasteiger partial charge < -0.3 is 33.8 Å². The van der Waals surface area contributed by atoms with Crippen molar-refractivity contribution in [3.63, 3.8) is 0 Å². The van der Waals surface area contributed by atoms with Crippen LogP contribution < -0.4 is 0 Å². The lowest BCUT2D eigenvalue weighted by Gasteiger charge is -2.21. The van der Waals surface area contributed by atoms with Gasteiger partial charge in [-0.15, -0.1) is 0 Å². The van der Waals surface area contributed by atoms with E-state index in [1.807, 2.05) is 0 Å². The average molecular weight is 1450 g/mol. The predicted molar refractivity (Wildman–Crippen MR) is 409 cm³/mol. The third-order valence-electron chi connectivity index (χ3n) is 17.1. The first-order valence-corrected chi connectivity index (χ1v) is 43.2. The van der Waals surface area contributed by atoms with Gasteiger partial charge in [-0.3, -0.25) is 37.3 Å². The third-order valence-corrected chi connectivity index (χ3v) is 19.0. The first-order valence-electron chi connectivity index (χ1n) is 40.2. The number of rotatable bonds is 76. The number of aliphatic hydroxyl groups is 1. The van der Waals surface area contributed by atoms with E-state index < -0.39 is 97.5 Å². The summed E-state index contributed by atoms with van der Waals surface area (Å²) in [7, 11) is -9.95. The molecule has 0 heterocycles. The first-order chi connectivity index (χ1) is 48.7. The molecule has 0 aliphatic carbocycles. The molecule has 0 spiro atoms. The van der Waals surface area contributed by atoms with Crippen LogP contribution in [0.4, 0.5) is 0 Å². The molecule has 2 unspecified atom stereocenters. The molecule has 0 saturated carbocycles. The van der Waals surface area contributed by atoms with Crippen LogP contribution in [-0.4, -0.2) is 96.7 Å². The van der Waals surface area contributed by atoms with Crippen LogP contribution in [0.2, 0.25) is 0 Å². The van der Waals surface area contributed by atoms with Crippen molar-refractivity contribution >= 4 is 39.5 Å². The van der Waals surface area contributed by atoms with E-state index in [0.717, 1.165) is 180 Å². The second kappa shape index (κ2) is 73.8. The number of phosphoric acid groups is 2. The molecule has 0 aliphatic heterocycles. The Bertz CT molecular complexity index is 2180. The minimum absolute atomic E-state index is 0.0782. The number of carbonyl (C=O) groups excluding carboxylic acids is 4. The van der Waals surface area contributed by atoms with Gasteiger partial charge >= 0.3 is 39.5 Å². The molecule has 0 bridgehead atoms. The smallest absolute Gasteiger partial charge is 0.462 e. The summed E-state index contributed by atoms with van der Waals surface area (Å²) in [4.78, 5) is 73.0. The predicted octanol–water partition coefficient (Wildman–Crippen LogP) is 23.2. The summed E-state index contributed by atoms with van der Waals surface area (Å²) in [6, 6.07) is 0. The lowest BCUT2D eigenvalue weighted by atomic mass is 10.1. The van der Waals surface area contributed by atoms with Gasteiger partial charge in [-0.05, 0) is 141 Å². The van der Waals surface area contributed by atoms with Crippen LogP contribution in [0.25, 0.3) is 0 Å². The molecule has 17 nitrogen and oxygen atoms in total. The van der Waals surface area contributed by atoms with Gasteiger partial charge in [0.05, 0.1) is 26.4 Å². The van der Waals surface area contributed by atoms with E-state index in [4.69, 9.17) is 37.0 Å². The topological polar surface area (TPSA) is 237 Å². The maximum absolute atomic E-state index is 13.1. The van der Waals surface area contributed by atoms with E-state index in [0.29, 0.717) is 25.7 Å². The van der Waals surface area contributed by atoms with Gasteiger partial charge in [-0.2, -0.15) is 0 Å². The Kier molecular flexibility index (Phi) is 71.2. The summed E-state index contributed by atoms with van der Waals surface area (Å²) < 4.78 is 68.6. The number of phosphoric ester groups is 2. The number of aliphatic hydroxyl groups excluding tert-OH is 1. The molecule has 5 atom stereocenters. The second-order valence-electron chi connectivity index (χ2n) is 27.0. The van der Waals surface area contributed by atoms with Crippen LogP contribution in [0.15, 0.2) is 72.9 Å². The summed E-state index contributed by atoms with van der Waals surface area (Å²) in [6.45, 7) is 4.82. The number of carbonyl (C=O) groups is 4. The van der Waals surface area contributed by atoms with Crippen molar-refractivity contribution in [2.45, 2.75) is 380 Å². The van der Waals surface area contributed by atoms with Gasteiger partial charge in [-0.25, -0.2) is 9.13 Å². The summed E-state index contributed by atoms with van der Waals surface area (Å²) in [6.07, 6.45) is 74.4. The summed E-state index contributed by atoms with van der Waals surface area (Å²) in [5, 5.41) is 10.6. The van der Waals surface area contributed by atoms with Gasteiger partial charge in [0, 0.05) is 25.7 Å². The summed E-state index contributed by atoms with van der Waals surface area (Å²) in [5.74, 6) is -2.19. The minimum Gasteiger partial charge on any atom is -0.462 e. The highest BCUT2D eigenvalue weighted by Crippen LogP contribution is 2.45. The van der Waals surface area contributed by atoms with Gasteiger partial charge in [0.25, 0.3) is 0 Å². The van der Waals surface area contributed by atoms with Crippen molar-refractivity contribution in [3.05, 3.63) is 72.9 Å². The Balaban J connectivity index is 5.36. The van der Waals surface area contributed by atoms with Crippen molar-refractivity contribution in [3.8, 4) is 0 Å². The molecule has 0 aromatic carbocycles. The molecule has 3 N–H and O–H groups in total. The molecule has 0 amide bonds. The Morgan fingerprint density at radius 1 is 0.280 bits per heavy atom. The van der Waals surface area contributed by atoms with Gasteiger partial charge in [0.2, 0.25) is 0 Å². The SMILES string of the molecule is CCCCC/C=C\C/C=C\CCCCCCCC(=O)OC[C@H](COP(=O)(O)OC[C@@H](O)COP(=O)(O)OC[C@@H](COC(=O)CCCCCCCCC/C=C\CCCCCC)OC(=O)CCCCCCCCC/C=C\CCCCCC)OC(=O)CCCCCCC/C=C\C/C=C\CCCCC. The maximum Gasteiger partial charge on any atom is 0.472 e. The van der Waals surface area contributed by atoms with E-state index in [-0.39, 0.29) is 25.7 Å². The lowest BCUT2D eigenvalue weighted by molar-refractivity contribution is -0.161. The molecule has 19 heteroatoms. The number of allylic oxidation sites excluding steroid dienone is 12. The molecule has 0 aromatic heterocycles. The van der Waals surface area contributed by atoms with E-state index in [1.165, 1.54) is 103 Å². The lowest BCUT2D eigenvalue weighted by Crippen LogP contribution is -2.30. The number of hydrogen-bond acceptors (Lipinski definition) is 15. The fraction of sp³-hybridized carbons (Fsp3) is 0.802. The van der Waals surface area contributed by atoms with Gasteiger partial charge in [0.15, 0.2) is 12.2 Å². The fourth-order valence-electron chi connectivity index (χ4n) is 10.9. The normalized spacial score (nSPS) is 14.3. The van der Waals surface area contributed by atoms with Crippen molar-refractivity contribution in [1.82, 2.24) is 0 Å². The molecular weight excluding hydrogens is 1310 g/mol. The molecule has 0 aliphatic rings. The molecule has 0 saturated heterocycles. The molecule has 0 fully saturated rings. The zero-order valence-corrected chi connectivity index (χ0v) is 65.4. The first kappa shape index (κ1) is 96.5. The largest absolute Gasteiger partial charge is 0.472 e. The Hall–Kier alpha value is -3.50. The van der Waals surface area contributed by atoms with Crippen LogP contribution in [0.1, 0.15) is 362 Å². The standard InChI is InChI=1S/C81H146O17P2/c1-5-9-13-17-21-25-29-33-37-41-45-49-53-57-61-65-78(83)91-71-76(97-80(85)67-63-59-55-51-47-43-39-35-31-27-23-19-15-11-7-3)73-95-99(87,88)93-69-75(82)70-94-100(89,90)96-74-77(98-81(86)68-64-60-56-52-48-44-40-36-32-28-24-20-16-12-8-4)72-92-79(84)66-62-58-54-50-46-42-38-34-30-26-22-18-14-10-6-2/h21,23,25-28,30,32-33,35,37,39,75-77,82H,5-20,22,24,29,31,34,36,38,40-74H2,1-4H3,(H,87,88)(H,89,90)/b25-21-,27-23-,30-26-,32-28-,37-33-,39-35-/t75-,76-,77-/m1/s1. The number of esters is 4. The fourth-order valence-corrected chi connectivity index (χ4v) is 12.5. The Morgan fingerprint density at radius 2 is 0.490 bits per heavy atom. The zero-order valence-electron chi connectivity index (χ0n) is 63.6. The van der Waals surface area contributed by atoms with E-state index in [2.05, 4.69) is 101 Å². The Morgan fingerprint density at radius 3 is 0.770 bits per heavy atom. The van der Waals surface area contributed by atoms with Gasteiger partial charge in [0.1, 0.15) is 19.3 Å². The zero-order chi connectivity index (χ0) is 73.2. The molecule has 0 aromatic rings. The highest BCUT2D eigenvalue weighted by Gasteiger charge is 2.30. The second-order valence-corrected chi connectivity index (χ2v) is 29.9. The highest BCUT2D eigenvalue weighted by molar-refractivity contribution is 7.47. The van der Waals surface area contributed by atoms with Crippen molar-refractivity contribution in [2.75, 3.05) is 39.6 Å². The molecule has 0 radical (unpaired) electrons. The van der Waals surface area contributed by atoms with E-state index >= 15 is 0 Å². The molecular formula is C81H146O17P2. The quantitative estimate of drug-likeness (QED) is 0.0169. The van der Waals surface area contributed by atoms with Crippen LogP contribution in [0.5, 0.6) is 0 Å². The molecule has 582 valence electrons. The average Bonchev–Trinajstić information content (AvgIpc) is 1.01. The maximum atomic E-state index is 13.1. The van der Waals surface area contributed by atoms with Crippen molar-refractivity contribution < 1.29 is 80.2 Å². The summed E-state index contributed by atoms with van der Waals surface area (Å²) >= 11 is 0. The van der Waals surface area contributed by atoms with Crippen LogP contribution in [0.3, 0.4) is 0 Å². The van der Waals surface area contributed by atoms with E-state index in [1.54, 1.807) is 0 Å². The monoisotopic (exact) mass is 1450 g/mol. The highest BCUT2D eigenvalue weighted by atomic mass is 31.2. The van der Waals surface area contributed by atoms with Crippen LogP contribution in [0, 0.1) is 0 Å². The van der Waals surface area contributed by atoms with Crippen LogP contribution >= 0.6 is 15.6 Å². The van der Waals surface area contributed by atoms with Crippen LogP contribution in [-0.2, 0) is 65.4 Å². The van der Waals surface area contributed by atoms with Crippen molar-refractivity contribution in [2.24, 2.45) is 0 Å². The third kappa shape index (κ3) is 72.8. The Labute approximate surface area is 609 Å². The number of ether oxygens (including phenoxy) is 4. The minimum atomic E-state index is -4.98. The van der Waals surface area contributed by atoms with Gasteiger partial charge in [-0.1, -0.05) is 268 Å². The van der Waals surface area contributed by atoms with Crippen molar-refractivity contribution in [1.29, 1.82) is 0 Å². The molecule has 100 heavy (non-hydrogen) atoms. The van der Waals surface area contributed by atoms with E-state index in [9.17, 15) is 43.2 Å². The number of hydrogen-bond donors (Lipinski definition) is 3. The molecule has 0 rings (SSSR count). The summed E-state index contributed by atoms with van der Waals surface area (Å²) in [5.41, 5.74) is 0. The number of unbranched alkanes of at least 4 members (excludes halogenated alkanes) is 38.